The van der Waals surface area contributed by atoms with E-state index in [-0.39, 0.29) is 0 Å². The Morgan fingerprint density at radius 2 is 1.82 bits per heavy atom. The monoisotopic (exact) mass is 228 g/mol. The fourth-order valence-corrected chi connectivity index (χ4v) is 1.70. The van der Waals surface area contributed by atoms with Crippen LogP contribution in [-0.2, 0) is 0 Å². The van der Waals surface area contributed by atoms with Gasteiger partial charge in [0, 0.05) is 17.4 Å². The van der Waals surface area contributed by atoms with Gasteiger partial charge in [-0.25, -0.2) is 0 Å². The maximum Gasteiger partial charge on any atom is 0.143 e. The molecule has 2 aromatic carbocycles. The molecule has 3 heteroatoms. The van der Waals surface area contributed by atoms with E-state index in [2.05, 4.69) is 5.32 Å². The fraction of sp³-hybridized carbons (Fsp3) is 0.143. The standard InChI is InChI=1S/C14H16N2O/c1-10-8-12(15)14(17-2)9-13(10)16-11-6-4-3-5-7-11/h3-9,16H,15H2,1-2H3. The Morgan fingerprint density at radius 3 is 2.47 bits per heavy atom. The summed E-state index contributed by atoms with van der Waals surface area (Å²) in [5.74, 6) is 0.689. The third kappa shape index (κ3) is 2.50. The predicted octanol–water partition coefficient (Wildman–Crippen LogP) is 3.33. The number of ether oxygens (including phenoxy) is 1. The first-order valence-electron chi connectivity index (χ1n) is 5.47. The molecule has 0 aromatic heterocycles. The summed E-state index contributed by atoms with van der Waals surface area (Å²) in [7, 11) is 1.62. The average Bonchev–Trinajstić information content (AvgIpc) is 2.34. The Bertz CT molecular complexity index is 509. The summed E-state index contributed by atoms with van der Waals surface area (Å²) in [6, 6.07) is 13.8. The van der Waals surface area contributed by atoms with E-state index in [1.807, 2.05) is 49.4 Å². The maximum atomic E-state index is 5.84. The molecule has 88 valence electrons. The van der Waals surface area contributed by atoms with Crippen molar-refractivity contribution in [2.45, 2.75) is 6.92 Å². The molecule has 0 aliphatic heterocycles. The summed E-state index contributed by atoms with van der Waals surface area (Å²) < 4.78 is 5.21. The van der Waals surface area contributed by atoms with Crippen molar-refractivity contribution < 1.29 is 4.74 Å². The zero-order valence-corrected chi connectivity index (χ0v) is 10.0. The third-order valence-electron chi connectivity index (χ3n) is 2.63. The molecular weight excluding hydrogens is 212 g/mol. The second-order valence-electron chi connectivity index (χ2n) is 3.90. The number of nitrogens with two attached hydrogens (primary N) is 1. The summed E-state index contributed by atoms with van der Waals surface area (Å²) in [5, 5.41) is 3.34. The molecule has 0 spiro atoms. The number of rotatable bonds is 3. The van der Waals surface area contributed by atoms with Gasteiger partial charge in [-0.1, -0.05) is 18.2 Å². The van der Waals surface area contributed by atoms with Crippen LogP contribution in [0, 0.1) is 6.92 Å². The lowest BCUT2D eigenvalue weighted by atomic mass is 10.1. The molecule has 0 radical (unpaired) electrons. The van der Waals surface area contributed by atoms with Gasteiger partial charge in [0.1, 0.15) is 5.75 Å². The van der Waals surface area contributed by atoms with Gasteiger partial charge in [0.05, 0.1) is 12.8 Å². The van der Waals surface area contributed by atoms with Gasteiger partial charge in [0.25, 0.3) is 0 Å². The van der Waals surface area contributed by atoms with Gasteiger partial charge in [-0.05, 0) is 30.7 Å². The van der Waals surface area contributed by atoms with Gasteiger partial charge in [0.2, 0.25) is 0 Å². The quantitative estimate of drug-likeness (QED) is 0.792. The second-order valence-corrected chi connectivity index (χ2v) is 3.90. The minimum Gasteiger partial charge on any atom is -0.495 e. The molecule has 0 saturated heterocycles. The largest absolute Gasteiger partial charge is 0.495 e. The number of benzene rings is 2. The predicted molar refractivity (Wildman–Crippen MR) is 71.9 cm³/mol. The molecule has 0 bridgehead atoms. The van der Waals surface area contributed by atoms with Crippen molar-refractivity contribution in [1.29, 1.82) is 0 Å². The lowest BCUT2D eigenvalue weighted by Gasteiger charge is -2.13. The molecule has 0 aliphatic rings. The Kier molecular flexibility index (Phi) is 3.19. The van der Waals surface area contributed by atoms with E-state index in [1.54, 1.807) is 7.11 Å². The zero-order valence-electron chi connectivity index (χ0n) is 10.0. The van der Waals surface area contributed by atoms with Gasteiger partial charge >= 0.3 is 0 Å². The highest BCUT2D eigenvalue weighted by atomic mass is 16.5. The first-order chi connectivity index (χ1) is 8.20. The normalized spacial score (nSPS) is 10.0. The van der Waals surface area contributed by atoms with Crippen molar-refractivity contribution in [2.24, 2.45) is 0 Å². The SMILES string of the molecule is COc1cc(Nc2ccccc2)c(C)cc1N. The number of anilines is 3. The molecule has 0 amide bonds. The molecule has 17 heavy (non-hydrogen) atoms. The highest BCUT2D eigenvalue weighted by Crippen LogP contribution is 2.30. The Morgan fingerprint density at radius 1 is 1.12 bits per heavy atom. The van der Waals surface area contributed by atoms with E-state index in [9.17, 15) is 0 Å². The Hall–Kier alpha value is -2.16. The zero-order chi connectivity index (χ0) is 12.3. The lowest BCUT2D eigenvalue weighted by molar-refractivity contribution is 0.417. The van der Waals surface area contributed by atoms with E-state index in [0.29, 0.717) is 11.4 Å². The molecule has 2 rings (SSSR count). The summed E-state index contributed by atoms with van der Waals surface area (Å²) >= 11 is 0. The molecule has 0 aliphatic carbocycles. The van der Waals surface area contributed by atoms with Gasteiger partial charge in [-0.3, -0.25) is 0 Å². The van der Waals surface area contributed by atoms with Crippen LogP contribution in [0.25, 0.3) is 0 Å². The van der Waals surface area contributed by atoms with Crippen LogP contribution >= 0.6 is 0 Å². The third-order valence-corrected chi connectivity index (χ3v) is 2.63. The van der Waals surface area contributed by atoms with Gasteiger partial charge in [-0.2, -0.15) is 0 Å². The summed E-state index contributed by atoms with van der Waals surface area (Å²) in [6.07, 6.45) is 0. The molecule has 0 heterocycles. The van der Waals surface area contributed by atoms with Crippen LogP contribution in [0.15, 0.2) is 42.5 Å². The lowest BCUT2D eigenvalue weighted by Crippen LogP contribution is -1.98. The molecular formula is C14H16N2O. The number of methoxy groups -OCH3 is 1. The second kappa shape index (κ2) is 4.78. The topological polar surface area (TPSA) is 47.3 Å². The van der Waals surface area contributed by atoms with Crippen LogP contribution in [-0.4, -0.2) is 7.11 Å². The van der Waals surface area contributed by atoms with E-state index in [1.165, 1.54) is 0 Å². The summed E-state index contributed by atoms with van der Waals surface area (Å²) in [6.45, 7) is 2.01. The maximum absolute atomic E-state index is 5.84. The molecule has 0 atom stereocenters. The first kappa shape index (κ1) is 11.3. The fourth-order valence-electron chi connectivity index (χ4n) is 1.70. The van der Waals surface area contributed by atoms with E-state index in [0.717, 1.165) is 16.9 Å². The molecule has 2 aromatic rings. The number of nitrogens with one attached hydrogen (secondary N) is 1. The number of nitrogen functional groups attached to an aromatic ring is 1. The highest BCUT2D eigenvalue weighted by molar-refractivity contribution is 5.70. The van der Waals surface area contributed by atoms with Crippen molar-refractivity contribution in [3.05, 3.63) is 48.0 Å². The minimum atomic E-state index is 0.656. The van der Waals surface area contributed by atoms with Crippen LogP contribution < -0.4 is 15.8 Å². The van der Waals surface area contributed by atoms with Crippen molar-refractivity contribution in [2.75, 3.05) is 18.2 Å². The smallest absolute Gasteiger partial charge is 0.143 e. The van der Waals surface area contributed by atoms with Crippen molar-refractivity contribution in [1.82, 2.24) is 0 Å². The molecule has 3 N–H and O–H groups in total. The van der Waals surface area contributed by atoms with Gasteiger partial charge in [-0.15, -0.1) is 0 Å². The van der Waals surface area contributed by atoms with E-state index >= 15 is 0 Å². The van der Waals surface area contributed by atoms with Crippen LogP contribution in [0.2, 0.25) is 0 Å². The molecule has 0 unspecified atom stereocenters. The molecule has 0 saturated carbocycles. The van der Waals surface area contributed by atoms with Gasteiger partial charge in [0.15, 0.2) is 0 Å². The van der Waals surface area contributed by atoms with Crippen molar-refractivity contribution in [3.63, 3.8) is 0 Å². The number of para-hydroxylation sites is 1. The Balaban J connectivity index is 2.33. The summed E-state index contributed by atoms with van der Waals surface area (Å²) in [5.41, 5.74) is 9.63. The summed E-state index contributed by atoms with van der Waals surface area (Å²) in [4.78, 5) is 0. The number of hydrogen-bond acceptors (Lipinski definition) is 3. The average molecular weight is 228 g/mol. The van der Waals surface area contributed by atoms with Crippen LogP contribution in [0.5, 0.6) is 5.75 Å². The van der Waals surface area contributed by atoms with Crippen molar-refractivity contribution in [3.8, 4) is 5.75 Å². The van der Waals surface area contributed by atoms with Crippen LogP contribution in [0.3, 0.4) is 0 Å². The minimum absolute atomic E-state index is 0.656. The van der Waals surface area contributed by atoms with Crippen molar-refractivity contribution >= 4 is 17.1 Å². The van der Waals surface area contributed by atoms with Crippen LogP contribution in [0.1, 0.15) is 5.56 Å². The first-order valence-corrected chi connectivity index (χ1v) is 5.47. The molecule has 3 nitrogen and oxygen atoms in total. The Labute approximate surface area is 101 Å². The number of hydrogen-bond donors (Lipinski definition) is 2. The van der Waals surface area contributed by atoms with Crippen LogP contribution in [0.4, 0.5) is 17.1 Å². The van der Waals surface area contributed by atoms with E-state index in [4.69, 9.17) is 10.5 Å². The molecule has 0 fully saturated rings. The highest BCUT2D eigenvalue weighted by Gasteiger charge is 2.05. The van der Waals surface area contributed by atoms with E-state index < -0.39 is 0 Å². The number of aryl methyl sites for hydroxylation is 1. The van der Waals surface area contributed by atoms with Gasteiger partial charge < -0.3 is 15.8 Å².